The van der Waals surface area contributed by atoms with Gasteiger partial charge in [-0.1, -0.05) is 13.0 Å². The van der Waals surface area contributed by atoms with Crippen LogP contribution >= 0.6 is 11.3 Å². The maximum atomic E-state index is 10.7. The van der Waals surface area contributed by atoms with Crippen LogP contribution in [0, 0.1) is 0 Å². The van der Waals surface area contributed by atoms with E-state index < -0.39 is 5.97 Å². The van der Waals surface area contributed by atoms with E-state index in [4.69, 9.17) is 5.11 Å². The monoisotopic (exact) mass is 262 g/mol. The molecule has 0 radical (unpaired) electrons. The molecule has 0 aliphatic rings. The number of rotatable bonds is 5. The SMILES string of the molecule is CCC(Nc1ccc(C(=O)O)nc1)c1cccs1. The number of thiophene rings is 1. The number of carboxylic acid groups (broad SMARTS) is 1. The number of nitrogens with zero attached hydrogens (tertiary/aromatic N) is 1. The van der Waals surface area contributed by atoms with Crippen molar-refractivity contribution in [2.45, 2.75) is 19.4 Å². The molecule has 2 N–H and O–H groups in total. The second-order valence-corrected chi connectivity index (χ2v) is 4.84. The quantitative estimate of drug-likeness (QED) is 0.866. The Balaban J connectivity index is 2.10. The minimum atomic E-state index is -1.01. The lowest BCUT2D eigenvalue weighted by atomic mass is 10.2. The molecular formula is C13H14N2O2S. The highest BCUT2D eigenvalue weighted by molar-refractivity contribution is 7.10. The first kappa shape index (κ1) is 12.6. The second kappa shape index (κ2) is 5.64. The molecule has 0 aliphatic carbocycles. The molecule has 18 heavy (non-hydrogen) atoms. The molecule has 2 heterocycles. The zero-order chi connectivity index (χ0) is 13.0. The van der Waals surface area contributed by atoms with Crippen molar-refractivity contribution < 1.29 is 9.90 Å². The van der Waals surface area contributed by atoms with Gasteiger partial charge < -0.3 is 10.4 Å². The fourth-order valence-corrected chi connectivity index (χ4v) is 2.53. The summed E-state index contributed by atoms with van der Waals surface area (Å²) in [6.07, 6.45) is 2.51. The Hall–Kier alpha value is -1.88. The Bertz CT molecular complexity index is 508. The molecule has 1 atom stereocenters. The van der Waals surface area contributed by atoms with Crippen LogP contribution in [0.25, 0.3) is 0 Å². The molecule has 94 valence electrons. The van der Waals surface area contributed by atoms with Gasteiger partial charge in [-0.25, -0.2) is 9.78 Å². The molecule has 0 spiro atoms. The van der Waals surface area contributed by atoms with E-state index in [-0.39, 0.29) is 11.7 Å². The van der Waals surface area contributed by atoms with Gasteiger partial charge in [0.25, 0.3) is 0 Å². The third-order valence-electron chi connectivity index (χ3n) is 2.62. The van der Waals surface area contributed by atoms with Gasteiger partial charge in [0, 0.05) is 4.88 Å². The fourth-order valence-electron chi connectivity index (χ4n) is 1.67. The molecule has 0 saturated heterocycles. The van der Waals surface area contributed by atoms with E-state index in [1.54, 1.807) is 23.6 Å². The lowest BCUT2D eigenvalue weighted by Crippen LogP contribution is -2.09. The predicted octanol–water partition coefficient (Wildman–Crippen LogP) is 3.40. The van der Waals surface area contributed by atoms with E-state index in [2.05, 4.69) is 23.3 Å². The molecule has 0 aliphatic heterocycles. The van der Waals surface area contributed by atoms with Crippen LogP contribution in [0.4, 0.5) is 5.69 Å². The van der Waals surface area contributed by atoms with Gasteiger partial charge in [0.15, 0.2) is 0 Å². The molecule has 0 amide bonds. The van der Waals surface area contributed by atoms with Crippen molar-refractivity contribution >= 4 is 23.0 Å². The highest BCUT2D eigenvalue weighted by atomic mass is 32.1. The molecular weight excluding hydrogens is 248 g/mol. The molecule has 0 saturated carbocycles. The van der Waals surface area contributed by atoms with Crippen molar-refractivity contribution in [2.75, 3.05) is 5.32 Å². The van der Waals surface area contributed by atoms with Crippen LogP contribution in [-0.2, 0) is 0 Å². The highest BCUT2D eigenvalue weighted by Crippen LogP contribution is 2.25. The number of nitrogens with one attached hydrogen (secondary N) is 1. The number of aromatic carboxylic acids is 1. The van der Waals surface area contributed by atoms with Gasteiger partial charge in [-0.15, -0.1) is 11.3 Å². The number of carboxylic acids is 1. The number of hydrogen-bond acceptors (Lipinski definition) is 4. The third kappa shape index (κ3) is 2.87. The van der Waals surface area contributed by atoms with Crippen molar-refractivity contribution in [3.63, 3.8) is 0 Å². The van der Waals surface area contributed by atoms with Gasteiger partial charge in [-0.05, 0) is 30.0 Å². The van der Waals surface area contributed by atoms with Crippen LogP contribution in [0.1, 0.15) is 34.8 Å². The molecule has 0 fully saturated rings. The van der Waals surface area contributed by atoms with E-state index in [9.17, 15) is 4.79 Å². The average Bonchev–Trinajstić information content (AvgIpc) is 2.90. The number of carbonyl (C=O) groups is 1. The van der Waals surface area contributed by atoms with Crippen LogP contribution in [0.3, 0.4) is 0 Å². The van der Waals surface area contributed by atoms with E-state index >= 15 is 0 Å². The topological polar surface area (TPSA) is 62.2 Å². The van der Waals surface area contributed by atoms with E-state index in [1.807, 2.05) is 11.4 Å². The smallest absolute Gasteiger partial charge is 0.354 e. The molecule has 0 bridgehead atoms. The van der Waals surface area contributed by atoms with Crippen molar-refractivity contribution in [1.29, 1.82) is 0 Å². The first-order valence-electron chi connectivity index (χ1n) is 5.70. The van der Waals surface area contributed by atoms with Crippen LogP contribution < -0.4 is 5.32 Å². The number of pyridine rings is 1. The normalized spacial score (nSPS) is 12.1. The van der Waals surface area contributed by atoms with Crippen LogP contribution in [-0.4, -0.2) is 16.1 Å². The van der Waals surface area contributed by atoms with Crippen LogP contribution in [0.5, 0.6) is 0 Å². The first-order chi connectivity index (χ1) is 8.70. The lowest BCUT2D eigenvalue weighted by Gasteiger charge is -2.16. The summed E-state index contributed by atoms with van der Waals surface area (Å²) >= 11 is 1.71. The van der Waals surface area contributed by atoms with Gasteiger partial charge in [0.05, 0.1) is 17.9 Å². The predicted molar refractivity (Wildman–Crippen MR) is 72.2 cm³/mol. The second-order valence-electron chi connectivity index (χ2n) is 3.86. The lowest BCUT2D eigenvalue weighted by molar-refractivity contribution is 0.0690. The number of anilines is 1. The summed E-state index contributed by atoms with van der Waals surface area (Å²) in [5.41, 5.74) is 0.893. The molecule has 1 unspecified atom stereocenters. The van der Waals surface area contributed by atoms with Crippen molar-refractivity contribution in [3.05, 3.63) is 46.4 Å². The molecule has 2 rings (SSSR count). The van der Waals surface area contributed by atoms with Crippen molar-refractivity contribution in [2.24, 2.45) is 0 Å². The molecule has 5 heteroatoms. The molecule has 2 aromatic rings. The standard InChI is InChI=1S/C13H14N2O2S/c1-2-10(12-4-3-7-18-12)15-9-5-6-11(13(16)17)14-8-9/h3-8,10,15H,2H2,1H3,(H,16,17). The Morgan fingerprint density at radius 3 is 2.83 bits per heavy atom. The minimum absolute atomic E-state index is 0.0599. The van der Waals surface area contributed by atoms with E-state index in [0.717, 1.165) is 12.1 Å². The Kier molecular flexibility index (Phi) is 3.94. The van der Waals surface area contributed by atoms with Crippen molar-refractivity contribution in [1.82, 2.24) is 4.98 Å². The van der Waals surface area contributed by atoms with Gasteiger partial charge >= 0.3 is 5.97 Å². The van der Waals surface area contributed by atoms with Crippen LogP contribution in [0.15, 0.2) is 35.8 Å². The molecule has 4 nitrogen and oxygen atoms in total. The summed E-state index contributed by atoms with van der Waals surface area (Å²) in [5.74, 6) is -1.01. The molecule has 2 aromatic heterocycles. The first-order valence-corrected chi connectivity index (χ1v) is 6.58. The zero-order valence-electron chi connectivity index (χ0n) is 9.96. The maximum Gasteiger partial charge on any atom is 0.354 e. The zero-order valence-corrected chi connectivity index (χ0v) is 10.8. The Morgan fingerprint density at radius 1 is 1.50 bits per heavy atom. The largest absolute Gasteiger partial charge is 0.477 e. The van der Waals surface area contributed by atoms with Gasteiger partial charge in [-0.3, -0.25) is 0 Å². The van der Waals surface area contributed by atoms with Crippen LogP contribution in [0.2, 0.25) is 0 Å². The van der Waals surface area contributed by atoms with Gasteiger partial charge in [-0.2, -0.15) is 0 Å². The summed E-state index contributed by atoms with van der Waals surface area (Å²) in [6, 6.07) is 7.60. The fraction of sp³-hybridized carbons (Fsp3) is 0.231. The summed E-state index contributed by atoms with van der Waals surface area (Å²) < 4.78 is 0. The van der Waals surface area contributed by atoms with E-state index in [0.29, 0.717) is 0 Å². The Morgan fingerprint density at radius 2 is 2.33 bits per heavy atom. The Labute approximate surface area is 109 Å². The summed E-state index contributed by atoms with van der Waals surface area (Å²) in [5, 5.41) is 14.2. The maximum absolute atomic E-state index is 10.7. The minimum Gasteiger partial charge on any atom is -0.477 e. The third-order valence-corrected chi connectivity index (χ3v) is 3.60. The van der Waals surface area contributed by atoms with Gasteiger partial charge in [0.1, 0.15) is 5.69 Å². The number of aromatic nitrogens is 1. The summed E-state index contributed by atoms with van der Waals surface area (Å²) in [7, 11) is 0. The average molecular weight is 262 g/mol. The van der Waals surface area contributed by atoms with E-state index in [1.165, 1.54) is 10.9 Å². The summed E-state index contributed by atoms with van der Waals surface area (Å²) in [4.78, 5) is 15.8. The summed E-state index contributed by atoms with van der Waals surface area (Å²) in [6.45, 7) is 2.11. The van der Waals surface area contributed by atoms with Gasteiger partial charge in [0.2, 0.25) is 0 Å². The molecule has 0 aromatic carbocycles. The highest BCUT2D eigenvalue weighted by Gasteiger charge is 2.10. The number of hydrogen-bond donors (Lipinski definition) is 2. The van der Waals surface area contributed by atoms with Crippen molar-refractivity contribution in [3.8, 4) is 0 Å².